The van der Waals surface area contributed by atoms with E-state index >= 15 is 0 Å². The lowest BCUT2D eigenvalue weighted by Gasteiger charge is -2.07. The summed E-state index contributed by atoms with van der Waals surface area (Å²) in [4.78, 5) is 4.04. The number of sulfonamides is 1. The third-order valence-corrected chi connectivity index (χ3v) is 4.14. The van der Waals surface area contributed by atoms with E-state index in [0.717, 1.165) is 0 Å². The number of aliphatic hydroxyl groups excluding tert-OH is 1. The van der Waals surface area contributed by atoms with E-state index in [9.17, 15) is 8.42 Å². The molecule has 0 spiro atoms. The van der Waals surface area contributed by atoms with Gasteiger partial charge in [-0.2, -0.15) is 0 Å². The highest BCUT2D eigenvalue weighted by molar-refractivity contribution is 7.89. The van der Waals surface area contributed by atoms with Gasteiger partial charge >= 0.3 is 0 Å². The van der Waals surface area contributed by atoms with Crippen LogP contribution in [0.2, 0.25) is 0 Å². The first-order valence-corrected chi connectivity index (χ1v) is 7.75. The van der Waals surface area contributed by atoms with Crippen LogP contribution in [0.4, 0.5) is 0 Å². The topological polar surface area (TPSA) is 84.2 Å². The summed E-state index contributed by atoms with van der Waals surface area (Å²) in [6, 6.07) is 6.28. The molecule has 1 aromatic heterocycles. The van der Waals surface area contributed by atoms with Crippen LogP contribution in [0.15, 0.2) is 47.9 Å². The number of nitrogens with one attached hydrogen (secondary N) is 1. The first-order chi connectivity index (χ1) is 10.1. The lowest BCUT2D eigenvalue weighted by atomic mass is 10.2. The van der Waals surface area contributed by atoms with E-state index in [0.29, 0.717) is 12.1 Å². The molecule has 0 atom stereocenters. The van der Waals surface area contributed by atoms with Crippen molar-refractivity contribution in [1.29, 1.82) is 0 Å². The predicted octanol–water partition coefficient (Wildman–Crippen LogP) is 0.205. The van der Waals surface area contributed by atoms with E-state index in [4.69, 9.17) is 5.11 Å². The van der Waals surface area contributed by atoms with E-state index < -0.39 is 10.0 Å². The van der Waals surface area contributed by atoms with Gasteiger partial charge in [0.25, 0.3) is 0 Å². The Morgan fingerprint density at radius 2 is 2.24 bits per heavy atom. The lowest BCUT2D eigenvalue weighted by Crippen LogP contribution is -2.27. The average Bonchev–Trinajstić information content (AvgIpc) is 2.98. The monoisotopic (exact) mass is 305 g/mol. The molecule has 0 saturated heterocycles. The van der Waals surface area contributed by atoms with Gasteiger partial charge < -0.3 is 9.67 Å². The fraction of sp³-hybridized carbons (Fsp3) is 0.214. The van der Waals surface area contributed by atoms with Gasteiger partial charge in [-0.05, 0) is 18.2 Å². The molecular weight excluding hydrogens is 290 g/mol. The molecule has 110 valence electrons. The minimum Gasteiger partial charge on any atom is -0.384 e. The van der Waals surface area contributed by atoms with E-state index in [1.807, 2.05) is 0 Å². The summed E-state index contributed by atoms with van der Waals surface area (Å²) in [6.45, 7) is 0.509. The Kier molecular flexibility index (Phi) is 5.11. The van der Waals surface area contributed by atoms with E-state index in [2.05, 4.69) is 21.5 Å². The van der Waals surface area contributed by atoms with Gasteiger partial charge in [0.2, 0.25) is 10.0 Å². The summed E-state index contributed by atoms with van der Waals surface area (Å²) in [5.41, 5.74) is 0.543. The van der Waals surface area contributed by atoms with E-state index in [1.54, 1.807) is 35.4 Å². The number of imidazole rings is 1. The Balaban J connectivity index is 2.04. The highest BCUT2D eigenvalue weighted by Crippen LogP contribution is 2.10. The molecule has 0 aliphatic heterocycles. The van der Waals surface area contributed by atoms with Gasteiger partial charge in [-0.25, -0.2) is 18.1 Å². The first-order valence-electron chi connectivity index (χ1n) is 6.27. The molecule has 6 nitrogen and oxygen atoms in total. The molecular formula is C14H15N3O3S. The van der Waals surface area contributed by atoms with Crippen LogP contribution in [0.25, 0.3) is 0 Å². The summed E-state index contributed by atoms with van der Waals surface area (Å²) in [7, 11) is -3.58. The van der Waals surface area contributed by atoms with Crippen LogP contribution >= 0.6 is 0 Å². The largest absolute Gasteiger partial charge is 0.384 e. The lowest BCUT2D eigenvalue weighted by molar-refractivity contribution is 0.350. The van der Waals surface area contributed by atoms with Crippen LogP contribution in [-0.2, 0) is 16.6 Å². The number of rotatable bonds is 5. The predicted molar refractivity (Wildman–Crippen MR) is 77.8 cm³/mol. The zero-order chi connectivity index (χ0) is 15.1. The molecule has 1 aromatic carbocycles. The average molecular weight is 305 g/mol. The normalized spacial score (nSPS) is 10.9. The number of benzene rings is 1. The molecule has 0 aliphatic rings. The van der Waals surface area contributed by atoms with Crippen molar-refractivity contribution in [2.24, 2.45) is 0 Å². The number of hydrogen-bond donors (Lipinski definition) is 2. The Labute approximate surface area is 123 Å². The third-order valence-electron chi connectivity index (χ3n) is 2.68. The maximum absolute atomic E-state index is 12.2. The van der Waals surface area contributed by atoms with Crippen LogP contribution in [0.1, 0.15) is 5.56 Å². The smallest absolute Gasteiger partial charge is 0.240 e. The Bertz CT molecular complexity index is 743. The second-order valence-electron chi connectivity index (χ2n) is 4.19. The molecule has 7 heteroatoms. The van der Waals surface area contributed by atoms with Crippen molar-refractivity contribution < 1.29 is 13.5 Å². The fourth-order valence-corrected chi connectivity index (χ4v) is 2.76. The summed E-state index contributed by atoms with van der Waals surface area (Å²) in [5, 5.41) is 8.65. The Morgan fingerprint density at radius 1 is 1.38 bits per heavy atom. The van der Waals surface area contributed by atoms with Crippen molar-refractivity contribution in [2.45, 2.75) is 11.4 Å². The van der Waals surface area contributed by atoms with Crippen molar-refractivity contribution in [1.82, 2.24) is 14.3 Å². The number of aromatic nitrogens is 2. The summed E-state index contributed by atoms with van der Waals surface area (Å²) in [5.74, 6) is 5.17. The highest BCUT2D eigenvalue weighted by atomic mass is 32.2. The van der Waals surface area contributed by atoms with Crippen molar-refractivity contribution in [3.63, 3.8) is 0 Å². The summed E-state index contributed by atoms with van der Waals surface area (Å²) < 4.78 is 28.6. The third kappa shape index (κ3) is 4.43. The van der Waals surface area contributed by atoms with Crippen LogP contribution in [0, 0.1) is 11.8 Å². The molecule has 2 N–H and O–H groups in total. The van der Waals surface area contributed by atoms with E-state index in [-0.39, 0.29) is 18.0 Å². The molecule has 0 amide bonds. The molecule has 1 heterocycles. The Morgan fingerprint density at radius 3 is 2.95 bits per heavy atom. The fourth-order valence-electron chi connectivity index (χ4n) is 1.69. The van der Waals surface area contributed by atoms with Crippen LogP contribution in [-0.4, -0.2) is 36.2 Å². The number of nitrogens with zero attached hydrogens (tertiary/aromatic N) is 2. The van der Waals surface area contributed by atoms with Gasteiger partial charge in [0, 0.05) is 31.0 Å². The summed E-state index contributed by atoms with van der Waals surface area (Å²) in [6.07, 6.45) is 5.02. The first kappa shape index (κ1) is 15.3. The maximum Gasteiger partial charge on any atom is 0.240 e. The van der Waals surface area contributed by atoms with Gasteiger partial charge in [0.1, 0.15) is 6.61 Å². The summed E-state index contributed by atoms with van der Waals surface area (Å²) >= 11 is 0. The maximum atomic E-state index is 12.2. The van der Waals surface area contributed by atoms with Crippen LogP contribution in [0.5, 0.6) is 0 Å². The molecule has 2 aromatic rings. The van der Waals surface area contributed by atoms with Gasteiger partial charge in [-0.3, -0.25) is 0 Å². The van der Waals surface area contributed by atoms with Crippen LogP contribution in [0.3, 0.4) is 0 Å². The van der Waals surface area contributed by atoms with Gasteiger partial charge in [-0.15, -0.1) is 0 Å². The molecule has 0 fully saturated rings. The second-order valence-corrected chi connectivity index (χ2v) is 5.95. The van der Waals surface area contributed by atoms with E-state index in [1.165, 1.54) is 12.1 Å². The molecule has 2 rings (SSSR count). The van der Waals surface area contributed by atoms with Crippen molar-refractivity contribution in [3.8, 4) is 11.8 Å². The standard InChI is InChI=1S/C14H15N3O3S/c18-10-2-4-13-3-1-5-14(11-13)21(19,20)16-7-9-17-8-6-15-12-17/h1,3,5-6,8,11-12,16,18H,7,9-10H2. The van der Waals surface area contributed by atoms with Gasteiger partial charge in [0.15, 0.2) is 0 Å². The van der Waals surface area contributed by atoms with Crippen molar-refractivity contribution in [3.05, 3.63) is 48.5 Å². The Hall–Kier alpha value is -2.14. The zero-order valence-electron chi connectivity index (χ0n) is 11.2. The highest BCUT2D eigenvalue weighted by Gasteiger charge is 2.13. The van der Waals surface area contributed by atoms with Gasteiger partial charge in [-0.1, -0.05) is 17.9 Å². The zero-order valence-corrected chi connectivity index (χ0v) is 12.0. The quantitative estimate of drug-likeness (QED) is 0.773. The SMILES string of the molecule is O=S(=O)(NCCn1ccnc1)c1cccc(C#CCO)c1. The minimum absolute atomic E-state index is 0.151. The molecule has 21 heavy (non-hydrogen) atoms. The molecule has 0 radical (unpaired) electrons. The second kappa shape index (κ2) is 7.04. The number of hydrogen-bond acceptors (Lipinski definition) is 4. The number of aliphatic hydroxyl groups is 1. The van der Waals surface area contributed by atoms with Crippen molar-refractivity contribution >= 4 is 10.0 Å². The molecule has 0 bridgehead atoms. The molecule has 0 saturated carbocycles. The van der Waals surface area contributed by atoms with Crippen LogP contribution < -0.4 is 4.72 Å². The minimum atomic E-state index is -3.58. The van der Waals surface area contributed by atoms with Gasteiger partial charge in [0.05, 0.1) is 11.2 Å². The molecule has 0 aliphatic carbocycles. The molecule has 0 unspecified atom stereocenters. The van der Waals surface area contributed by atoms with Crippen molar-refractivity contribution in [2.75, 3.05) is 13.2 Å².